The lowest BCUT2D eigenvalue weighted by Crippen LogP contribution is -2.52. The number of ether oxygens (including phenoxy) is 2. The Morgan fingerprint density at radius 1 is 1.30 bits per heavy atom. The van der Waals surface area contributed by atoms with Crippen LogP contribution in [0.2, 0.25) is 0 Å². The summed E-state index contributed by atoms with van der Waals surface area (Å²) in [5.41, 5.74) is 3.92. The molecule has 0 aromatic carbocycles. The number of likely N-dealkylation sites (N-methyl/N-ethyl adjacent to an activating group) is 1. The van der Waals surface area contributed by atoms with Crippen molar-refractivity contribution in [1.29, 1.82) is 0 Å². The second-order valence-electron chi connectivity index (χ2n) is 6.03. The van der Waals surface area contributed by atoms with Crippen LogP contribution in [0.1, 0.15) is 34.6 Å². The molecule has 0 aliphatic carbocycles. The number of hydrogen-bond donors (Lipinski definition) is 1. The number of quaternary nitrogens is 1. The fourth-order valence-electron chi connectivity index (χ4n) is 3.15. The molecule has 5 heteroatoms. The van der Waals surface area contributed by atoms with Gasteiger partial charge in [0.15, 0.2) is 5.76 Å². The van der Waals surface area contributed by atoms with E-state index in [1.165, 1.54) is 28.8 Å². The van der Waals surface area contributed by atoms with E-state index >= 15 is 0 Å². The maximum Gasteiger partial charge on any atom is 0.205 e. The number of hydrogen-bond acceptors (Lipinski definition) is 4. The topological polar surface area (TPSA) is 44.5 Å². The quantitative estimate of drug-likeness (QED) is 0.640. The molecule has 2 rings (SSSR count). The first-order valence-corrected chi connectivity index (χ1v) is 8.37. The summed E-state index contributed by atoms with van der Waals surface area (Å²) in [6.07, 6.45) is 0. The number of fused-ring (bicyclic) bond motifs is 1. The van der Waals surface area contributed by atoms with Gasteiger partial charge in [-0.1, -0.05) is 11.9 Å². The number of allylic oxidation sites excluding steroid dienone is 1. The van der Waals surface area contributed by atoms with Crippen LogP contribution >= 0.6 is 11.9 Å². The van der Waals surface area contributed by atoms with Crippen molar-refractivity contribution >= 4 is 11.9 Å². The van der Waals surface area contributed by atoms with Crippen molar-refractivity contribution in [2.45, 2.75) is 40.4 Å². The van der Waals surface area contributed by atoms with Gasteiger partial charge < -0.3 is 9.47 Å². The molecule has 0 saturated carbocycles. The van der Waals surface area contributed by atoms with E-state index in [-0.39, 0.29) is 0 Å². The van der Waals surface area contributed by atoms with Gasteiger partial charge in [-0.3, -0.25) is 9.62 Å². The average Bonchev–Trinajstić information content (AvgIpc) is 2.41. The minimum atomic E-state index is -0.546. The molecule has 4 nitrogen and oxygen atoms in total. The summed E-state index contributed by atoms with van der Waals surface area (Å²) in [5.74, 6) is 1.34. The van der Waals surface area contributed by atoms with E-state index in [1.807, 2.05) is 13.8 Å². The second kappa shape index (κ2) is 5.72. The van der Waals surface area contributed by atoms with Crippen LogP contribution in [0.4, 0.5) is 0 Å². The summed E-state index contributed by atoms with van der Waals surface area (Å²) in [6, 6.07) is 0. The lowest BCUT2D eigenvalue weighted by molar-refractivity contribution is -0.886. The maximum absolute atomic E-state index is 6.16. The first-order chi connectivity index (χ1) is 9.39. The van der Waals surface area contributed by atoms with Crippen LogP contribution in [0.15, 0.2) is 22.6 Å². The largest absolute Gasteiger partial charge is 0.457 e. The van der Waals surface area contributed by atoms with E-state index in [9.17, 15) is 0 Å². The molecule has 114 valence electrons. The van der Waals surface area contributed by atoms with Crippen molar-refractivity contribution in [2.75, 3.05) is 32.0 Å². The lowest BCUT2D eigenvalue weighted by Gasteiger charge is -2.45. The van der Waals surface area contributed by atoms with Gasteiger partial charge in [-0.05, 0) is 13.8 Å². The highest BCUT2D eigenvalue weighted by Crippen LogP contribution is 2.40. The van der Waals surface area contributed by atoms with Crippen molar-refractivity contribution < 1.29 is 14.0 Å². The van der Waals surface area contributed by atoms with Gasteiger partial charge in [0.25, 0.3) is 0 Å². The Labute approximate surface area is 126 Å². The van der Waals surface area contributed by atoms with Gasteiger partial charge in [0.2, 0.25) is 5.79 Å². The van der Waals surface area contributed by atoms with Gasteiger partial charge in [-0.25, -0.2) is 0 Å². The second-order valence-corrected chi connectivity index (χ2v) is 6.66. The zero-order chi connectivity index (χ0) is 15.0. The molecule has 0 spiro atoms. The molecule has 20 heavy (non-hydrogen) atoms. The Morgan fingerprint density at radius 2 is 1.95 bits per heavy atom. The van der Waals surface area contributed by atoms with Crippen molar-refractivity contribution in [3.05, 3.63) is 22.6 Å². The van der Waals surface area contributed by atoms with Gasteiger partial charge in [-0.15, -0.1) is 0 Å². The SMILES string of the molecule is CC[N+]1(CC)CC(CSN)=C2COC(C)(C)OC2=C1C. The van der Waals surface area contributed by atoms with E-state index in [2.05, 4.69) is 20.8 Å². The molecule has 0 bridgehead atoms. The summed E-state index contributed by atoms with van der Waals surface area (Å²) in [4.78, 5) is 0. The fourth-order valence-corrected chi connectivity index (χ4v) is 3.62. The van der Waals surface area contributed by atoms with E-state index in [4.69, 9.17) is 14.6 Å². The fraction of sp³-hybridized carbons (Fsp3) is 0.733. The molecular formula is C15H27N2O2S+. The van der Waals surface area contributed by atoms with Gasteiger partial charge in [0.1, 0.15) is 12.2 Å². The smallest absolute Gasteiger partial charge is 0.205 e. The molecule has 2 aliphatic heterocycles. The molecule has 0 aromatic heterocycles. The molecule has 0 aromatic rings. The van der Waals surface area contributed by atoms with Crippen LogP contribution < -0.4 is 5.14 Å². The van der Waals surface area contributed by atoms with Crippen LogP contribution in [-0.4, -0.2) is 42.3 Å². The highest BCUT2D eigenvalue weighted by molar-refractivity contribution is 7.97. The van der Waals surface area contributed by atoms with E-state index in [1.54, 1.807) is 0 Å². The van der Waals surface area contributed by atoms with Gasteiger partial charge in [0.05, 0.1) is 19.7 Å². The Bertz CT molecular complexity index is 451. The Balaban J connectivity index is 2.50. The maximum atomic E-state index is 6.16. The zero-order valence-corrected chi connectivity index (χ0v) is 14.1. The third-order valence-corrected chi connectivity index (χ3v) is 5.13. The normalized spacial score (nSPS) is 24.5. The van der Waals surface area contributed by atoms with E-state index < -0.39 is 5.79 Å². The molecular weight excluding hydrogens is 272 g/mol. The summed E-state index contributed by atoms with van der Waals surface area (Å²) < 4.78 is 12.9. The van der Waals surface area contributed by atoms with E-state index in [0.717, 1.165) is 35.6 Å². The highest BCUT2D eigenvalue weighted by atomic mass is 32.2. The molecule has 1 fully saturated rings. The van der Waals surface area contributed by atoms with Crippen molar-refractivity contribution in [3.63, 3.8) is 0 Å². The molecule has 0 radical (unpaired) electrons. The first-order valence-electron chi connectivity index (χ1n) is 7.32. The number of nitrogens with two attached hydrogens (primary N) is 1. The zero-order valence-electron chi connectivity index (χ0n) is 13.3. The van der Waals surface area contributed by atoms with Gasteiger partial charge >= 0.3 is 0 Å². The molecule has 0 amide bonds. The molecule has 0 unspecified atom stereocenters. The summed E-state index contributed by atoms with van der Waals surface area (Å²) >= 11 is 1.39. The lowest BCUT2D eigenvalue weighted by atomic mass is 9.97. The Morgan fingerprint density at radius 3 is 2.50 bits per heavy atom. The average molecular weight is 299 g/mol. The number of nitrogens with zero attached hydrogens (tertiary/aromatic N) is 1. The molecule has 2 N–H and O–H groups in total. The molecule has 2 aliphatic rings. The number of rotatable bonds is 4. The molecule has 2 heterocycles. The van der Waals surface area contributed by atoms with Crippen molar-refractivity contribution in [2.24, 2.45) is 5.14 Å². The summed E-state index contributed by atoms with van der Waals surface area (Å²) in [7, 11) is 0. The van der Waals surface area contributed by atoms with Gasteiger partial charge in [0, 0.05) is 37.7 Å². The van der Waals surface area contributed by atoms with Crippen LogP contribution in [0.5, 0.6) is 0 Å². The predicted molar refractivity (Wildman–Crippen MR) is 83.7 cm³/mol. The monoisotopic (exact) mass is 299 g/mol. The Hall–Kier alpha value is -0.490. The van der Waals surface area contributed by atoms with E-state index in [0.29, 0.717) is 6.61 Å². The predicted octanol–water partition coefficient (Wildman–Crippen LogP) is 2.77. The highest BCUT2D eigenvalue weighted by Gasteiger charge is 2.42. The summed E-state index contributed by atoms with van der Waals surface area (Å²) in [6.45, 7) is 14.4. The molecule has 1 saturated heterocycles. The van der Waals surface area contributed by atoms with Crippen LogP contribution in [0, 0.1) is 0 Å². The van der Waals surface area contributed by atoms with Gasteiger partial charge in [-0.2, -0.15) is 0 Å². The van der Waals surface area contributed by atoms with Crippen molar-refractivity contribution in [1.82, 2.24) is 0 Å². The molecule has 0 atom stereocenters. The van der Waals surface area contributed by atoms with Crippen LogP contribution in [0.3, 0.4) is 0 Å². The van der Waals surface area contributed by atoms with Crippen LogP contribution in [-0.2, 0) is 9.47 Å². The minimum absolute atomic E-state index is 0.546. The van der Waals surface area contributed by atoms with Crippen molar-refractivity contribution in [3.8, 4) is 0 Å². The first kappa shape index (κ1) is 15.9. The Kier molecular flexibility index (Phi) is 4.54. The third-order valence-electron chi connectivity index (χ3n) is 4.61. The van der Waals surface area contributed by atoms with Crippen LogP contribution in [0.25, 0.3) is 0 Å². The standard InChI is InChI=1S/C15H27N2O2S/c1-6-17(7-2)8-12(10-20-16)13-9-18-15(4,5)19-14(13)11(17)3/h6-10,16H2,1-5H3/q+1. The minimum Gasteiger partial charge on any atom is -0.457 e. The third kappa shape index (κ3) is 2.64. The summed E-state index contributed by atoms with van der Waals surface area (Å²) in [5, 5.41) is 5.72.